The molecule has 0 bridgehead atoms. The number of amides is 14. The highest BCUT2D eigenvalue weighted by Gasteiger charge is 2.45. The Morgan fingerprint density at radius 1 is 0.692 bits per heavy atom. The molecule has 38 heteroatoms. The summed E-state index contributed by atoms with van der Waals surface area (Å²) in [4.78, 5) is 223. The number of rotatable bonds is 36. The van der Waals surface area contributed by atoms with Crippen LogP contribution in [0.2, 0.25) is 0 Å². The first-order valence-corrected chi connectivity index (χ1v) is 35.3. The molecule has 2 heterocycles. The van der Waals surface area contributed by atoms with Gasteiger partial charge in [0, 0.05) is 45.5 Å². The van der Waals surface area contributed by atoms with E-state index in [1.165, 1.54) is 27.8 Å². The molecule has 23 N–H and O–H groups in total. The van der Waals surface area contributed by atoms with E-state index in [0.29, 0.717) is 12.8 Å². The highest BCUT2D eigenvalue weighted by atomic mass is 16.5. The normalized spacial score (nSPS) is 23.9. The molecule has 38 nitrogen and oxygen atoms in total. The Bertz CT molecular complexity index is 2960. The monoisotopic (exact) mass is 1480 g/mol. The molecule has 17 unspecified atom stereocenters. The summed E-state index contributed by atoms with van der Waals surface area (Å²) in [5, 5.41) is 65.7. The van der Waals surface area contributed by atoms with Crippen molar-refractivity contribution in [2.45, 2.75) is 256 Å². The Morgan fingerprint density at radius 2 is 1.34 bits per heavy atom. The number of hydrogen-bond donors (Lipinski definition) is 18. The standard InChI is InChI=1S/C66H114N16O22/c1-11-103-56(58(71)94)43-30-72-41(28-52(91)92)65(101)82-25-15-13-17-45(82)66(102)104-37(9)55(63(99)79-54(36(8)83)62(98)75-40(16-12-14-24-67)59(95)76-42(26-33(4)5)64(100)81(10)44(60(96)77-43)21-23-48(69)87)80-61(97)53(34(6)35(7)57(70)93)78-50(89)29-46(85)39(20-22-47(68)86)74-51(90)31-73-49(88)27-38(84)19-18-32(2)3/h32-46,53-56,72,83-85H,11-31,67H2,1-10H3,(H2,68,86)(H2,69,87)(H2,70,93)(H2,71,94)(H,73,88)(H,74,90)(H,75,98)(H,76,95)(H,77,96)(H,78,89)(H,79,99)(H,80,97)(H,91,92). The molecule has 2 aliphatic rings. The van der Waals surface area contributed by atoms with Crippen molar-refractivity contribution in [3.63, 3.8) is 0 Å². The van der Waals surface area contributed by atoms with Crippen LogP contribution in [0.4, 0.5) is 0 Å². The highest BCUT2D eigenvalue weighted by Crippen LogP contribution is 2.24. The lowest BCUT2D eigenvalue weighted by molar-refractivity contribution is -0.164. The summed E-state index contributed by atoms with van der Waals surface area (Å²) in [6.45, 7) is 11.8. The molecular weight excluding hydrogens is 1370 g/mol. The van der Waals surface area contributed by atoms with Crippen LogP contribution in [-0.2, 0) is 86.2 Å². The zero-order valence-electron chi connectivity index (χ0n) is 61.2. The van der Waals surface area contributed by atoms with E-state index in [-0.39, 0.29) is 89.3 Å². The van der Waals surface area contributed by atoms with Crippen molar-refractivity contribution in [3.8, 4) is 0 Å². The van der Waals surface area contributed by atoms with Gasteiger partial charge in [-0.1, -0.05) is 41.5 Å². The maximum atomic E-state index is 15.1. The van der Waals surface area contributed by atoms with Gasteiger partial charge in [-0.25, -0.2) is 4.79 Å². The number of carboxylic acid groups (broad SMARTS) is 1. The molecule has 2 aliphatic heterocycles. The summed E-state index contributed by atoms with van der Waals surface area (Å²) >= 11 is 0. The van der Waals surface area contributed by atoms with Crippen LogP contribution in [0.1, 0.15) is 165 Å². The van der Waals surface area contributed by atoms with Crippen LogP contribution in [-0.4, -0.2) is 256 Å². The molecule has 2 rings (SSSR count). The van der Waals surface area contributed by atoms with E-state index in [0.717, 1.165) is 23.6 Å². The van der Waals surface area contributed by atoms with Gasteiger partial charge in [-0.15, -0.1) is 0 Å². The van der Waals surface area contributed by atoms with Crippen LogP contribution in [0.3, 0.4) is 0 Å². The van der Waals surface area contributed by atoms with Crippen molar-refractivity contribution in [1.82, 2.24) is 57.7 Å². The van der Waals surface area contributed by atoms with E-state index in [2.05, 4.69) is 47.9 Å². The van der Waals surface area contributed by atoms with Gasteiger partial charge >= 0.3 is 11.9 Å². The average molecular weight is 1480 g/mol. The number of esters is 1. The molecule has 17 atom stereocenters. The van der Waals surface area contributed by atoms with E-state index in [4.69, 9.17) is 38.1 Å². The van der Waals surface area contributed by atoms with Crippen molar-refractivity contribution in [2.24, 2.45) is 52.3 Å². The molecule has 2 fully saturated rings. The fourth-order valence-electron chi connectivity index (χ4n) is 11.8. The summed E-state index contributed by atoms with van der Waals surface area (Å²) in [5.74, 6) is -20.3. The second-order valence-corrected chi connectivity index (χ2v) is 27.5. The molecule has 0 radical (unpaired) electrons. The number of aliphatic hydroxyl groups excluding tert-OH is 3. The lowest BCUT2D eigenvalue weighted by atomic mass is 9.87. The summed E-state index contributed by atoms with van der Waals surface area (Å²) in [6, 6.07) is -17.4. The Hall–Kier alpha value is -8.72. The van der Waals surface area contributed by atoms with E-state index in [9.17, 15) is 87.5 Å². The molecule has 0 aliphatic carbocycles. The zero-order valence-corrected chi connectivity index (χ0v) is 61.2. The summed E-state index contributed by atoms with van der Waals surface area (Å²) in [7, 11) is 1.18. The van der Waals surface area contributed by atoms with Gasteiger partial charge in [0.25, 0.3) is 0 Å². The molecule has 0 aromatic carbocycles. The van der Waals surface area contributed by atoms with Gasteiger partial charge in [-0.05, 0) is 116 Å². The number of ether oxygens (including phenoxy) is 2. The van der Waals surface area contributed by atoms with Crippen LogP contribution < -0.4 is 76.5 Å². The SMILES string of the molecule is CCOC(C(N)=O)C1CNC(CC(=O)O)C(=O)N2CCCCC2C(=O)OC(C)C(NC(=O)C(NC(=O)CC(O)C(CCC(N)=O)NC(=O)CNC(=O)CC(O)CCC(C)C)C(C)C(C)C(N)=O)C(=O)NC(C(C)O)C(=O)NC(CCCCN)C(=O)NC(CC(C)C)C(=O)N(C)C(CCC(N)=O)C(=O)N1. The number of nitrogens with one attached hydrogen (secondary N) is 9. The van der Waals surface area contributed by atoms with Gasteiger partial charge in [0.15, 0.2) is 6.10 Å². The number of carbonyl (C=O) groups is 16. The smallest absolute Gasteiger partial charge is 0.329 e. The molecular formula is C66H114N16O22. The first-order valence-electron chi connectivity index (χ1n) is 35.3. The molecule has 104 heavy (non-hydrogen) atoms. The van der Waals surface area contributed by atoms with Crippen LogP contribution in [0, 0.1) is 23.7 Å². The number of piperidine rings is 1. The van der Waals surface area contributed by atoms with Gasteiger partial charge in [0.2, 0.25) is 82.7 Å². The van der Waals surface area contributed by atoms with Crippen molar-refractivity contribution < 1.29 is 107 Å². The quantitative estimate of drug-likeness (QED) is 0.0205. The molecule has 0 aromatic heterocycles. The molecule has 0 spiro atoms. The number of unbranched alkanes of at least 4 members (excludes halogenated alkanes) is 1. The maximum Gasteiger partial charge on any atom is 0.329 e. The van der Waals surface area contributed by atoms with Crippen LogP contribution >= 0.6 is 0 Å². The molecule has 0 saturated carbocycles. The highest BCUT2D eigenvalue weighted by molar-refractivity contribution is 5.99. The fraction of sp³-hybridized carbons (Fsp3) is 0.758. The predicted octanol–water partition coefficient (Wildman–Crippen LogP) is -6.24. The van der Waals surface area contributed by atoms with Crippen LogP contribution in [0.5, 0.6) is 0 Å². The number of aliphatic hydroxyl groups is 3. The van der Waals surface area contributed by atoms with E-state index in [1.54, 1.807) is 13.8 Å². The second-order valence-electron chi connectivity index (χ2n) is 27.5. The fourth-order valence-corrected chi connectivity index (χ4v) is 11.8. The third-order valence-electron chi connectivity index (χ3n) is 18.0. The number of fused-ring (bicyclic) bond motifs is 1. The number of likely N-dealkylation sites (N-methyl/N-ethyl adjacent to an activating group) is 1. The molecule has 590 valence electrons. The Morgan fingerprint density at radius 3 is 1.90 bits per heavy atom. The molecule has 2 saturated heterocycles. The van der Waals surface area contributed by atoms with E-state index in [1.807, 2.05) is 13.8 Å². The van der Waals surface area contributed by atoms with Crippen LogP contribution in [0.25, 0.3) is 0 Å². The predicted molar refractivity (Wildman–Crippen MR) is 370 cm³/mol. The Labute approximate surface area is 605 Å². The molecule has 0 aromatic rings. The zero-order chi connectivity index (χ0) is 79.0. The number of cyclic esters (lactones) is 1. The lowest BCUT2D eigenvalue weighted by Crippen LogP contribution is -2.64. The number of hydrogen-bond acceptors (Lipinski definition) is 23. The third kappa shape index (κ3) is 31.3. The lowest BCUT2D eigenvalue weighted by Gasteiger charge is -2.38. The number of aliphatic carboxylic acids is 1. The minimum Gasteiger partial charge on any atom is -0.481 e. The average Bonchev–Trinajstić information content (AvgIpc) is 0.848. The van der Waals surface area contributed by atoms with Crippen molar-refractivity contribution >= 4 is 94.6 Å². The number of nitrogens with two attached hydrogens (primary N) is 5. The van der Waals surface area contributed by atoms with Gasteiger partial charge in [-0.2, -0.15) is 0 Å². The van der Waals surface area contributed by atoms with Gasteiger partial charge in [-0.3, -0.25) is 71.9 Å². The summed E-state index contributed by atoms with van der Waals surface area (Å²) < 4.78 is 11.6. The Kier molecular flexibility index (Phi) is 40.0. The minimum absolute atomic E-state index is 0.111. The van der Waals surface area contributed by atoms with Crippen molar-refractivity contribution in [1.29, 1.82) is 0 Å². The van der Waals surface area contributed by atoms with E-state index >= 15 is 9.59 Å². The topological polar surface area (TPSA) is 617 Å². The first kappa shape index (κ1) is 91.4. The van der Waals surface area contributed by atoms with Gasteiger partial charge in [0.05, 0.1) is 62.2 Å². The number of nitrogens with zero attached hydrogens (tertiary/aromatic N) is 2. The first-order chi connectivity index (χ1) is 48.6. The largest absolute Gasteiger partial charge is 0.481 e. The van der Waals surface area contributed by atoms with Crippen molar-refractivity contribution in [2.75, 3.05) is 39.8 Å². The summed E-state index contributed by atoms with van der Waals surface area (Å²) in [6.07, 6.45) is -11.1. The van der Waals surface area contributed by atoms with Gasteiger partial charge in [0.1, 0.15) is 48.4 Å². The minimum atomic E-state index is -2.21. The third-order valence-corrected chi connectivity index (χ3v) is 18.0. The number of carboxylic acids is 1. The van der Waals surface area contributed by atoms with Crippen molar-refractivity contribution in [3.05, 3.63) is 0 Å². The maximum absolute atomic E-state index is 15.1. The molecule has 14 amide bonds. The summed E-state index contributed by atoms with van der Waals surface area (Å²) in [5.41, 5.74) is 28.2. The second kappa shape index (κ2) is 45.5. The number of primary amides is 4. The Balaban J connectivity index is 2.99. The van der Waals surface area contributed by atoms with Crippen LogP contribution in [0.15, 0.2) is 0 Å². The van der Waals surface area contributed by atoms with Gasteiger partial charge < -0.3 is 116 Å². The van der Waals surface area contributed by atoms with E-state index < -0.39 is 243 Å². The number of carbonyl (C=O) groups excluding carboxylic acids is 15.